The van der Waals surface area contributed by atoms with Crippen LogP contribution in [0, 0.1) is 0 Å². The summed E-state index contributed by atoms with van der Waals surface area (Å²) in [4.78, 5) is 24.5. The van der Waals surface area contributed by atoms with Gasteiger partial charge in [0, 0.05) is 12.5 Å². The van der Waals surface area contributed by atoms with E-state index in [9.17, 15) is 4.80 Å². The number of nitrogens with zero attached hydrogens (tertiary/aromatic N) is 4. The van der Waals surface area contributed by atoms with Crippen molar-refractivity contribution in [1.29, 1.82) is 0 Å². The molecule has 0 atom stereocenters. The molecule has 0 radical (unpaired) electrons. The fraction of sp³-hybridized carbons (Fsp3) is 0.542. The minimum Gasteiger partial charge on any atom is -0.432 e. The van der Waals surface area contributed by atoms with Crippen molar-refractivity contribution in [3.63, 3.8) is 0 Å². The molecule has 166 valence electrons. The van der Waals surface area contributed by atoms with Gasteiger partial charge in [0.05, 0.1) is 6.33 Å². The molecule has 2 heterocycles. The molecule has 1 aromatic carbocycles. The first-order chi connectivity index (χ1) is 14.6. The summed E-state index contributed by atoms with van der Waals surface area (Å²) in [6.45, 7) is 9.19. The van der Waals surface area contributed by atoms with Crippen LogP contribution in [0.15, 0.2) is 30.6 Å². The monoisotopic (exact) mass is 456 g/mol. The summed E-state index contributed by atoms with van der Waals surface area (Å²) < 4.78 is 2.10. The van der Waals surface area contributed by atoms with E-state index >= 15 is 0 Å². The van der Waals surface area contributed by atoms with Gasteiger partial charge in [0.2, 0.25) is 0 Å². The van der Waals surface area contributed by atoms with Gasteiger partial charge < -0.3 is 9.36 Å². The fourth-order valence-electron chi connectivity index (χ4n) is 4.33. The molecule has 0 aliphatic heterocycles. The zero-order valence-electron chi connectivity index (χ0n) is 19.0. The van der Waals surface area contributed by atoms with Gasteiger partial charge in [0.1, 0.15) is 11.3 Å². The predicted octanol–water partition coefficient (Wildman–Crippen LogP) is 5.90. The van der Waals surface area contributed by atoms with Gasteiger partial charge in [-0.1, -0.05) is 62.6 Å². The van der Waals surface area contributed by atoms with E-state index in [2.05, 4.69) is 52.6 Å². The summed E-state index contributed by atoms with van der Waals surface area (Å²) in [6, 6.07) is 8.73. The van der Waals surface area contributed by atoms with Crippen LogP contribution in [-0.2, 0) is 19.4 Å². The number of hydrogen-bond donors (Lipinski definition) is 1. The summed E-state index contributed by atoms with van der Waals surface area (Å²) in [5, 5.41) is 0.391. The highest BCUT2D eigenvalue weighted by atomic mass is 35.5. The molecule has 5 nitrogen and oxygen atoms in total. The number of fused-ring (bicyclic) bond motifs is 1. The minimum absolute atomic E-state index is 0.0729. The second kappa shape index (κ2) is 8.64. The van der Waals surface area contributed by atoms with Crippen LogP contribution in [-0.4, -0.2) is 32.6 Å². The van der Waals surface area contributed by atoms with Crippen LogP contribution in [0.3, 0.4) is 0 Å². The predicted molar refractivity (Wildman–Crippen MR) is 129 cm³/mol. The van der Waals surface area contributed by atoms with Crippen molar-refractivity contribution in [2.45, 2.75) is 83.0 Å². The molecule has 7 heteroatoms. The molecular weight excluding hydrogens is 424 g/mol. The van der Waals surface area contributed by atoms with Gasteiger partial charge in [-0.05, 0) is 54.9 Å². The van der Waals surface area contributed by atoms with Crippen LogP contribution < -0.4 is 0 Å². The Morgan fingerprint density at radius 3 is 2.58 bits per heavy atom. The zero-order valence-corrected chi connectivity index (χ0v) is 20.8. The summed E-state index contributed by atoms with van der Waals surface area (Å²) >= 11 is 6.45. The summed E-state index contributed by atoms with van der Waals surface area (Å²) in [7, 11) is -2.24. The molecule has 3 aromatic rings. The minimum atomic E-state index is -2.24. The van der Waals surface area contributed by atoms with Gasteiger partial charge in [0.15, 0.2) is 19.1 Å². The normalized spacial score (nSPS) is 15.8. The Kier molecular flexibility index (Phi) is 6.25. The number of halogens is 1. The number of imidazole rings is 1. The van der Waals surface area contributed by atoms with Gasteiger partial charge in [-0.15, -0.1) is 0 Å². The Hall–Kier alpha value is -1.76. The van der Waals surface area contributed by atoms with Crippen molar-refractivity contribution < 1.29 is 4.80 Å². The Labute approximate surface area is 191 Å². The molecule has 1 N–H and O–H groups in total. The smallest absolute Gasteiger partial charge is 0.188 e. The lowest BCUT2D eigenvalue weighted by molar-refractivity contribution is 0.467. The van der Waals surface area contributed by atoms with E-state index in [4.69, 9.17) is 16.6 Å². The number of benzene rings is 1. The third-order valence-electron chi connectivity index (χ3n) is 7.09. The van der Waals surface area contributed by atoms with Crippen molar-refractivity contribution in [2.24, 2.45) is 0 Å². The molecule has 31 heavy (non-hydrogen) atoms. The first kappa shape index (κ1) is 22.4. The fourth-order valence-corrected chi connectivity index (χ4v) is 5.18. The Morgan fingerprint density at radius 1 is 1.16 bits per heavy atom. The Bertz CT molecular complexity index is 1070. The van der Waals surface area contributed by atoms with E-state index < -0.39 is 8.32 Å². The SMILES string of the molecule is CC(C)(Cc1cccc(CCn2cnc3c(Cl)nc(C4CCCC4)nc32)c1)[Si](C)(C)O. The van der Waals surface area contributed by atoms with Gasteiger partial charge in [-0.25, -0.2) is 15.0 Å². The zero-order chi connectivity index (χ0) is 22.2. The van der Waals surface area contributed by atoms with Gasteiger partial charge >= 0.3 is 0 Å². The van der Waals surface area contributed by atoms with E-state index in [1.165, 1.54) is 24.0 Å². The lowest BCUT2D eigenvalue weighted by Gasteiger charge is -2.35. The van der Waals surface area contributed by atoms with Crippen molar-refractivity contribution in [2.75, 3.05) is 0 Å². The van der Waals surface area contributed by atoms with Crippen molar-refractivity contribution >= 4 is 31.1 Å². The van der Waals surface area contributed by atoms with Crippen LogP contribution in [0.5, 0.6) is 0 Å². The third-order valence-corrected chi connectivity index (χ3v) is 10.8. The van der Waals surface area contributed by atoms with E-state index in [0.717, 1.165) is 43.7 Å². The highest BCUT2D eigenvalue weighted by molar-refractivity contribution is 6.72. The molecule has 1 aliphatic carbocycles. The topological polar surface area (TPSA) is 63.8 Å². The lowest BCUT2D eigenvalue weighted by Crippen LogP contribution is -2.40. The van der Waals surface area contributed by atoms with Crippen LogP contribution in [0.4, 0.5) is 0 Å². The second-order valence-corrected chi connectivity index (χ2v) is 15.0. The van der Waals surface area contributed by atoms with Gasteiger partial charge in [-0.2, -0.15) is 0 Å². The lowest BCUT2D eigenvalue weighted by atomic mass is 9.99. The Balaban J connectivity index is 1.52. The molecule has 0 unspecified atom stereocenters. The molecule has 0 bridgehead atoms. The van der Waals surface area contributed by atoms with Crippen LogP contribution in [0.25, 0.3) is 11.2 Å². The number of hydrogen-bond acceptors (Lipinski definition) is 4. The molecule has 0 amide bonds. The first-order valence-corrected chi connectivity index (χ1v) is 14.6. The molecule has 2 aromatic heterocycles. The maximum atomic E-state index is 10.6. The highest BCUT2D eigenvalue weighted by Gasteiger charge is 2.37. The largest absolute Gasteiger partial charge is 0.432 e. The maximum absolute atomic E-state index is 10.6. The van der Waals surface area contributed by atoms with E-state index in [1.807, 2.05) is 19.4 Å². The molecule has 1 fully saturated rings. The quantitative estimate of drug-likeness (QED) is 0.355. The molecule has 1 saturated carbocycles. The molecule has 0 saturated heterocycles. The molecule has 1 aliphatic rings. The Morgan fingerprint density at radius 2 is 1.87 bits per heavy atom. The summed E-state index contributed by atoms with van der Waals surface area (Å²) in [6.07, 6.45) is 8.38. The van der Waals surface area contributed by atoms with Crippen molar-refractivity contribution in [1.82, 2.24) is 19.5 Å². The van der Waals surface area contributed by atoms with Crippen LogP contribution in [0.2, 0.25) is 23.3 Å². The van der Waals surface area contributed by atoms with Crippen molar-refractivity contribution in [3.05, 3.63) is 52.7 Å². The molecule has 4 rings (SSSR count). The summed E-state index contributed by atoms with van der Waals surface area (Å²) in [5.41, 5.74) is 4.09. The van der Waals surface area contributed by atoms with E-state index in [0.29, 0.717) is 16.6 Å². The van der Waals surface area contributed by atoms with Crippen LogP contribution >= 0.6 is 11.6 Å². The van der Waals surface area contributed by atoms with Gasteiger partial charge in [0.25, 0.3) is 0 Å². The third kappa shape index (κ3) is 4.86. The van der Waals surface area contributed by atoms with E-state index in [-0.39, 0.29) is 5.04 Å². The number of aryl methyl sites for hydroxylation is 2. The number of rotatable bonds is 7. The second-order valence-electron chi connectivity index (χ2n) is 10.2. The van der Waals surface area contributed by atoms with Crippen LogP contribution in [0.1, 0.15) is 62.4 Å². The molecule has 0 spiro atoms. The van der Waals surface area contributed by atoms with Gasteiger partial charge in [-0.3, -0.25) is 0 Å². The molecular formula is C24H33ClN4OSi. The van der Waals surface area contributed by atoms with Crippen molar-refractivity contribution in [3.8, 4) is 0 Å². The summed E-state index contributed by atoms with van der Waals surface area (Å²) in [5.74, 6) is 1.29. The maximum Gasteiger partial charge on any atom is 0.188 e. The van der Waals surface area contributed by atoms with E-state index in [1.54, 1.807) is 0 Å². The first-order valence-electron chi connectivity index (χ1n) is 11.3. The standard InChI is InChI=1S/C24H33ClN4OSi/c1-24(2,31(3,4)30)15-18-9-7-8-17(14-18)12-13-29-16-26-20-21(25)27-22(28-23(20)29)19-10-5-6-11-19/h7-9,14,16,19,30H,5-6,10-13,15H2,1-4H3. The number of aromatic nitrogens is 4. The average Bonchev–Trinajstić information content (AvgIpc) is 3.36. The highest BCUT2D eigenvalue weighted by Crippen LogP contribution is 2.38. The average molecular weight is 457 g/mol.